The first-order valence-electron chi connectivity index (χ1n) is 10.3. The predicted octanol–water partition coefficient (Wildman–Crippen LogP) is 5.54. The van der Waals surface area contributed by atoms with Gasteiger partial charge in [0, 0.05) is 18.1 Å². The average Bonchev–Trinajstić information content (AvgIpc) is 2.63. The molecular weight excluding hydrogens is 364 g/mol. The molecule has 0 saturated heterocycles. The van der Waals surface area contributed by atoms with Crippen LogP contribution >= 0.6 is 0 Å². The standard InChI is InChI=1S/C24H34O3Si/c1-24(2,3)28(4,5)27-23-20(15-18-9-7-6-8-10-18)17-26-22-16-19(13-14-25)11-12-21(22)23/h6-12,16,20,23,25H,13-15,17H2,1-5H3/t20-,23+/m1/s1. The van der Waals surface area contributed by atoms with Crippen LogP contribution in [0.5, 0.6) is 5.75 Å². The minimum absolute atomic E-state index is 0.0352. The number of aliphatic hydroxyl groups excluding tert-OH is 1. The van der Waals surface area contributed by atoms with E-state index in [4.69, 9.17) is 9.16 Å². The van der Waals surface area contributed by atoms with Gasteiger partial charge in [-0.15, -0.1) is 0 Å². The maximum atomic E-state index is 9.26. The van der Waals surface area contributed by atoms with Crippen molar-refractivity contribution in [1.82, 2.24) is 0 Å². The van der Waals surface area contributed by atoms with E-state index in [1.807, 2.05) is 0 Å². The minimum atomic E-state index is -1.94. The summed E-state index contributed by atoms with van der Waals surface area (Å²) in [7, 11) is -1.94. The Labute approximate surface area is 170 Å². The summed E-state index contributed by atoms with van der Waals surface area (Å²) in [6, 6.07) is 16.9. The van der Waals surface area contributed by atoms with E-state index in [1.165, 1.54) is 5.56 Å². The lowest BCUT2D eigenvalue weighted by Crippen LogP contribution is -2.45. The van der Waals surface area contributed by atoms with Crippen molar-refractivity contribution in [2.24, 2.45) is 5.92 Å². The highest BCUT2D eigenvalue weighted by molar-refractivity contribution is 6.74. The SMILES string of the molecule is CC(C)(C)[Si](C)(C)O[C@@H]1c2ccc(CCO)cc2OC[C@H]1Cc1ccccc1. The lowest BCUT2D eigenvalue weighted by Gasteiger charge is -2.43. The van der Waals surface area contributed by atoms with Crippen LogP contribution in [0.4, 0.5) is 0 Å². The van der Waals surface area contributed by atoms with Gasteiger partial charge in [-0.2, -0.15) is 0 Å². The third-order valence-electron chi connectivity index (χ3n) is 6.23. The first-order valence-corrected chi connectivity index (χ1v) is 13.2. The zero-order chi connectivity index (χ0) is 20.4. The quantitative estimate of drug-likeness (QED) is 0.650. The zero-order valence-corrected chi connectivity index (χ0v) is 18.9. The van der Waals surface area contributed by atoms with Crippen molar-refractivity contribution in [2.45, 2.75) is 57.8 Å². The summed E-state index contributed by atoms with van der Waals surface area (Å²) in [6.07, 6.45) is 1.63. The van der Waals surface area contributed by atoms with E-state index in [1.54, 1.807) is 0 Å². The van der Waals surface area contributed by atoms with Gasteiger partial charge in [-0.3, -0.25) is 0 Å². The van der Waals surface area contributed by atoms with Crippen LogP contribution < -0.4 is 4.74 Å². The van der Waals surface area contributed by atoms with E-state index in [2.05, 4.69) is 82.4 Å². The van der Waals surface area contributed by atoms with Crippen molar-refractivity contribution in [3.05, 3.63) is 65.2 Å². The summed E-state index contributed by atoms with van der Waals surface area (Å²) in [6.45, 7) is 12.3. The molecule has 28 heavy (non-hydrogen) atoms. The van der Waals surface area contributed by atoms with Crippen LogP contribution in [0.15, 0.2) is 48.5 Å². The summed E-state index contributed by atoms with van der Waals surface area (Å²) in [5.41, 5.74) is 3.58. The number of hydrogen-bond donors (Lipinski definition) is 1. The van der Waals surface area contributed by atoms with E-state index in [0.29, 0.717) is 13.0 Å². The van der Waals surface area contributed by atoms with Crippen LogP contribution in [0.2, 0.25) is 18.1 Å². The highest BCUT2D eigenvalue weighted by Crippen LogP contribution is 2.46. The van der Waals surface area contributed by atoms with Crippen LogP contribution in [0.1, 0.15) is 43.6 Å². The molecule has 1 aliphatic rings. The third kappa shape index (κ3) is 4.68. The van der Waals surface area contributed by atoms with Gasteiger partial charge in [-0.25, -0.2) is 0 Å². The van der Waals surface area contributed by atoms with Gasteiger partial charge in [0.1, 0.15) is 5.75 Å². The second-order valence-corrected chi connectivity index (χ2v) is 14.2. The molecule has 0 fully saturated rings. The van der Waals surface area contributed by atoms with E-state index < -0.39 is 8.32 Å². The molecule has 2 aromatic rings. The fraction of sp³-hybridized carbons (Fsp3) is 0.500. The van der Waals surface area contributed by atoms with Gasteiger partial charge in [-0.1, -0.05) is 63.2 Å². The molecular formula is C24H34O3Si. The summed E-state index contributed by atoms with van der Waals surface area (Å²) in [5, 5.41) is 9.42. The molecule has 0 bridgehead atoms. The Morgan fingerprint density at radius 1 is 1.07 bits per heavy atom. The van der Waals surface area contributed by atoms with Gasteiger partial charge in [0.15, 0.2) is 8.32 Å². The molecule has 4 heteroatoms. The molecule has 0 spiro atoms. The Bertz CT molecular complexity index is 780. The fourth-order valence-electron chi connectivity index (χ4n) is 3.50. The molecule has 1 heterocycles. The van der Waals surface area contributed by atoms with Gasteiger partial charge in [0.2, 0.25) is 0 Å². The van der Waals surface area contributed by atoms with Gasteiger partial charge < -0.3 is 14.3 Å². The molecule has 0 aliphatic carbocycles. The molecule has 0 saturated carbocycles. The Kier molecular flexibility index (Phi) is 6.33. The van der Waals surface area contributed by atoms with Crippen molar-refractivity contribution in [2.75, 3.05) is 13.2 Å². The fourth-order valence-corrected chi connectivity index (χ4v) is 4.81. The predicted molar refractivity (Wildman–Crippen MR) is 117 cm³/mol. The lowest BCUT2D eigenvalue weighted by atomic mass is 9.87. The molecule has 2 atom stereocenters. The number of hydrogen-bond acceptors (Lipinski definition) is 3. The highest BCUT2D eigenvalue weighted by Gasteiger charge is 2.43. The van der Waals surface area contributed by atoms with Crippen LogP contribution in [-0.2, 0) is 17.3 Å². The molecule has 0 radical (unpaired) electrons. The van der Waals surface area contributed by atoms with Gasteiger partial charge in [-0.05, 0) is 48.2 Å². The van der Waals surface area contributed by atoms with E-state index >= 15 is 0 Å². The molecule has 2 aromatic carbocycles. The Hall–Kier alpha value is -1.62. The maximum absolute atomic E-state index is 9.26. The third-order valence-corrected chi connectivity index (χ3v) is 10.7. The van der Waals surface area contributed by atoms with Crippen LogP contribution in [-0.4, -0.2) is 26.6 Å². The van der Waals surface area contributed by atoms with Crippen molar-refractivity contribution in [1.29, 1.82) is 0 Å². The number of aliphatic hydroxyl groups is 1. The van der Waals surface area contributed by atoms with Gasteiger partial charge in [0.25, 0.3) is 0 Å². The van der Waals surface area contributed by atoms with Crippen LogP contribution in [0.3, 0.4) is 0 Å². The maximum Gasteiger partial charge on any atom is 0.192 e. The van der Waals surface area contributed by atoms with Crippen molar-refractivity contribution in [3.63, 3.8) is 0 Å². The smallest absolute Gasteiger partial charge is 0.192 e. The van der Waals surface area contributed by atoms with Crippen molar-refractivity contribution < 1.29 is 14.3 Å². The zero-order valence-electron chi connectivity index (χ0n) is 17.9. The largest absolute Gasteiger partial charge is 0.493 e. The summed E-state index contributed by atoms with van der Waals surface area (Å²) in [5.74, 6) is 1.20. The number of fused-ring (bicyclic) bond motifs is 1. The molecule has 0 unspecified atom stereocenters. The molecule has 3 nitrogen and oxygen atoms in total. The Morgan fingerprint density at radius 2 is 1.79 bits per heavy atom. The molecule has 152 valence electrons. The topological polar surface area (TPSA) is 38.7 Å². The van der Waals surface area contributed by atoms with E-state index in [0.717, 1.165) is 23.3 Å². The van der Waals surface area contributed by atoms with Crippen molar-refractivity contribution in [3.8, 4) is 5.75 Å². The Balaban J connectivity index is 1.94. The number of rotatable bonds is 6. The average molecular weight is 399 g/mol. The summed E-state index contributed by atoms with van der Waals surface area (Å²) < 4.78 is 13.1. The first kappa shape index (κ1) is 21.1. The molecule has 1 aliphatic heterocycles. The molecule has 1 N–H and O–H groups in total. The monoisotopic (exact) mass is 398 g/mol. The lowest BCUT2D eigenvalue weighted by molar-refractivity contribution is 0.0589. The first-order chi connectivity index (χ1) is 13.2. The molecule has 0 aromatic heterocycles. The number of benzene rings is 2. The second-order valence-electron chi connectivity index (χ2n) is 9.41. The normalized spacial score (nSPS) is 19.8. The molecule has 3 rings (SSSR count). The number of ether oxygens (including phenoxy) is 1. The Morgan fingerprint density at radius 3 is 2.43 bits per heavy atom. The van der Waals surface area contributed by atoms with Gasteiger partial charge in [0.05, 0.1) is 12.7 Å². The van der Waals surface area contributed by atoms with Crippen LogP contribution in [0.25, 0.3) is 0 Å². The van der Waals surface area contributed by atoms with E-state index in [9.17, 15) is 5.11 Å². The minimum Gasteiger partial charge on any atom is -0.493 e. The molecule has 0 amide bonds. The van der Waals surface area contributed by atoms with Crippen LogP contribution in [0, 0.1) is 5.92 Å². The highest BCUT2D eigenvalue weighted by atomic mass is 28.4. The van der Waals surface area contributed by atoms with E-state index in [-0.39, 0.29) is 23.7 Å². The summed E-state index contributed by atoms with van der Waals surface area (Å²) in [4.78, 5) is 0. The van der Waals surface area contributed by atoms with Crippen molar-refractivity contribution >= 4 is 8.32 Å². The second kappa shape index (κ2) is 8.40. The summed E-state index contributed by atoms with van der Waals surface area (Å²) >= 11 is 0. The van der Waals surface area contributed by atoms with Gasteiger partial charge >= 0.3 is 0 Å².